The van der Waals surface area contributed by atoms with Crippen LogP contribution in [0, 0.1) is 0 Å². The number of hydrogen-bond donors (Lipinski definition) is 1. The quantitative estimate of drug-likeness (QED) is 0.879. The van der Waals surface area contributed by atoms with E-state index in [9.17, 15) is 8.42 Å². The molecule has 1 aromatic rings. The van der Waals surface area contributed by atoms with Gasteiger partial charge in [-0.25, -0.2) is 13.4 Å². The van der Waals surface area contributed by atoms with E-state index in [1.165, 1.54) is 10.5 Å². The van der Waals surface area contributed by atoms with Crippen LogP contribution < -0.4 is 10.0 Å². The van der Waals surface area contributed by atoms with Gasteiger partial charge in [-0.05, 0) is 13.0 Å². The summed E-state index contributed by atoms with van der Waals surface area (Å²) in [5.74, 6) is 0.344. The number of hydrogen-bond acceptors (Lipinski definition) is 4. The Balaban J connectivity index is 3.31. The van der Waals surface area contributed by atoms with Gasteiger partial charge >= 0.3 is 0 Å². The highest BCUT2D eigenvalue weighted by molar-refractivity contribution is 7.92. The van der Waals surface area contributed by atoms with E-state index in [4.69, 9.17) is 17.3 Å². The fraction of sp³-hybridized carbons (Fsp3) is 0.444. The van der Waals surface area contributed by atoms with Crippen LogP contribution in [0.3, 0.4) is 0 Å². The van der Waals surface area contributed by atoms with Gasteiger partial charge in [-0.3, -0.25) is 4.31 Å². The van der Waals surface area contributed by atoms with Crippen molar-refractivity contribution >= 4 is 27.4 Å². The van der Waals surface area contributed by atoms with Gasteiger partial charge in [0.25, 0.3) is 0 Å². The number of pyridine rings is 1. The van der Waals surface area contributed by atoms with Gasteiger partial charge in [0, 0.05) is 24.8 Å². The number of nitrogens with two attached hydrogens (primary N) is 1. The van der Waals surface area contributed by atoms with Crippen LogP contribution in [0.2, 0.25) is 5.02 Å². The van der Waals surface area contributed by atoms with Gasteiger partial charge in [-0.1, -0.05) is 11.6 Å². The van der Waals surface area contributed by atoms with E-state index in [0.717, 1.165) is 6.26 Å². The zero-order chi connectivity index (χ0) is 12.3. The SMILES string of the molecule is CCN(c1ncc(Cl)cc1CN)S(C)(=O)=O. The number of sulfonamides is 1. The lowest BCUT2D eigenvalue weighted by atomic mass is 10.2. The monoisotopic (exact) mass is 263 g/mol. The maximum atomic E-state index is 11.5. The molecule has 5 nitrogen and oxygen atoms in total. The number of aromatic nitrogens is 1. The van der Waals surface area contributed by atoms with E-state index < -0.39 is 10.0 Å². The molecule has 0 unspecified atom stereocenters. The summed E-state index contributed by atoms with van der Waals surface area (Å²) in [5, 5.41) is 0.439. The third kappa shape index (κ3) is 2.84. The normalized spacial score (nSPS) is 11.5. The zero-order valence-corrected chi connectivity index (χ0v) is 10.7. The van der Waals surface area contributed by atoms with Crippen molar-refractivity contribution in [1.82, 2.24) is 4.98 Å². The fourth-order valence-corrected chi connectivity index (χ4v) is 2.52. The van der Waals surface area contributed by atoms with Gasteiger partial charge < -0.3 is 5.73 Å². The van der Waals surface area contributed by atoms with Crippen molar-refractivity contribution in [2.45, 2.75) is 13.5 Å². The van der Waals surface area contributed by atoms with Gasteiger partial charge in [0.05, 0.1) is 11.3 Å². The molecule has 1 aromatic heterocycles. The number of nitrogens with zero attached hydrogens (tertiary/aromatic N) is 2. The third-order valence-electron chi connectivity index (χ3n) is 2.05. The third-order valence-corrected chi connectivity index (χ3v) is 3.49. The van der Waals surface area contributed by atoms with Crippen LogP contribution >= 0.6 is 11.6 Å². The number of anilines is 1. The van der Waals surface area contributed by atoms with Crippen LogP contribution in [0.4, 0.5) is 5.82 Å². The van der Waals surface area contributed by atoms with Gasteiger partial charge in [0.15, 0.2) is 0 Å². The molecular formula is C9H14ClN3O2S. The average Bonchev–Trinajstić information content (AvgIpc) is 2.19. The molecule has 90 valence electrons. The second-order valence-electron chi connectivity index (χ2n) is 3.27. The summed E-state index contributed by atoms with van der Waals surface area (Å²) >= 11 is 5.77. The largest absolute Gasteiger partial charge is 0.326 e. The van der Waals surface area contributed by atoms with Gasteiger partial charge in [-0.15, -0.1) is 0 Å². The molecule has 16 heavy (non-hydrogen) atoms. The predicted octanol–water partition coefficient (Wildman–Crippen LogP) is 0.980. The van der Waals surface area contributed by atoms with Crippen molar-refractivity contribution in [2.24, 2.45) is 5.73 Å². The van der Waals surface area contributed by atoms with E-state index in [2.05, 4.69) is 4.98 Å². The molecule has 0 spiro atoms. The van der Waals surface area contributed by atoms with E-state index in [1.54, 1.807) is 13.0 Å². The molecule has 0 aliphatic carbocycles. The highest BCUT2D eigenvalue weighted by Gasteiger charge is 2.19. The summed E-state index contributed by atoms with van der Waals surface area (Å²) < 4.78 is 24.3. The van der Waals surface area contributed by atoms with Crippen molar-refractivity contribution in [3.63, 3.8) is 0 Å². The Morgan fingerprint density at radius 3 is 2.62 bits per heavy atom. The average molecular weight is 264 g/mol. The second kappa shape index (κ2) is 4.99. The summed E-state index contributed by atoms with van der Waals surface area (Å²) in [7, 11) is -3.34. The molecule has 0 aromatic carbocycles. The van der Waals surface area contributed by atoms with Crippen LogP contribution in [-0.4, -0.2) is 26.2 Å². The van der Waals surface area contributed by atoms with Crippen molar-refractivity contribution < 1.29 is 8.42 Å². The van der Waals surface area contributed by atoms with E-state index >= 15 is 0 Å². The Morgan fingerprint density at radius 1 is 1.56 bits per heavy atom. The summed E-state index contributed by atoms with van der Waals surface area (Å²) in [5.41, 5.74) is 6.15. The molecule has 0 amide bonds. The Morgan fingerprint density at radius 2 is 2.19 bits per heavy atom. The fourth-order valence-electron chi connectivity index (χ4n) is 1.39. The molecule has 0 saturated carbocycles. The lowest BCUT2D eigenvalue weighted by molar-refractivity contribution is 0.597. The van der Waals surface area contributed by atoms with Crippen LogP contribution in [-0.2, 0) is 16.6 Å². The molecule has 1 rings (SSSR count). The topological polar surface area (TPSA) is 76.3 Å². The Bertz CT molecular complexity index is 476. The standard InChI is InChI=1S/C9H14ClN3O2S/c1-3-13(16(2,14)15)9-7(5-11)4-8(10)6-12-9/h4,6H,3,5,11H2,1-2H3. The Kier molecular flexibility index (Phi) is 4.12. The summed E-state index contributed by atoms with van der Waals surface area (Å²) in [4.78, 5) is 4.02. The van der Waals surface area contributed by atoms with Gasteiger partial charge in [-0.2, -0.15) is 0 Å². The minimum atomic E-state index is -3.34. The summed E-state index contributed by atoms with van der Waals surface area (Å²) in [6, 6.07) is 1.62. The highest BCUT2D eigenvalue weighted by Crippen LogP contribution is 2.22. The summed E-state index contributed by atoms with van der Waals surface area (Å²) in [6.45, 7) is 2.23. The lowest BCUT2D eigenvalue weighted by Gasteiger charge is -2.21. The minimum absolute atomic E-state index is 0.189. The minimum Gasteiger partial charge on any atom is -0.326 e. The number of rotatable bonds is 4. The second-order valence-corrected chi connectivity index (χ2v) is 5.61. The maximum absolute atomic E-state index is 11.5. The first-order valence-corrected chi connectivity index (χ1v) is 6.95. The highest BCUT2D eigenvalue weighted by atomic mass is 35.5. The molecule has 0 radical (unpaired) electrons. The van der Waals surface area contributed by atoms with Crippen molar-refractivity contribution in [3.8, 4) is 0 Å². The van der Waals surface area contributed by atoms with Crippen molar-refractivity contribution in [1.29, 1.82) is 0 Å². The van der Waals surface area contributed by atoms with E-state index in [0.29, 0.717) is 22.9 Å². The molecule has 0 aliphatic heterocycles. The molecule has 7 heteroatoms. The molecule has 0 fully saturated rings. The van der Waals surface area contributed by atoms with Crippen molar-refractivity contribution in [3.05, 3.63) is 22.8 Å². The lowest BCUT2D eigenvalue weighted by Crippen LogP contribution is -2.31. The first-order valence-electron chi connectivity index (χ1n) is 4.72. The van der Waals surface area contributed by atoms with E-state index in [-0.39, 0.29) is 6.54 Å². The van der Waals surface area contributed by atoms with Crippen LogP contribution in [0.1, 0.15) is 12.5 Å². The van der Waals surface area contributed by atoms with Gasteiger partial charge in [0.1, 0.15) is 5.82 Å². The molecule has 1 heterocycles. The molecule has 0 saturated heterocycles. The first-order chi connectivity index (χ1) is 7.40. The molecule has 0 aliphatic rings. The first kappa shape index (κ1) is 13.2. The Hall–Kier alpha value is -0.850. The zero-order valence-electron chi connectivity index (χ0n) is 9.14. The molecule has 0 atom stereocenters. The van der Waals surface area contributed by atoms with Gasteiger partial charge in [0.2, 0.25) is 10.0 Å². The van der Waals surface area contributed by atoms with Crippen molar-refractivity contribution in [2.75, 3.05) is 17.1 Å². The smallest absolute Gasteiger partial charge is 0.233 e. The molecule has 0 bridgehead atoms. The van der Waals surface area contributed by atoms with E-state index in [1.807, 2.05) is 0 Å². The number of halogens is 1. The van der Waals surface area contributed by atoms with Crippen LogP contribution in [0.25, 0.3) is 0 Å². The molecule has 2 N–H and O–H groups in total. The summed E-state index contributed by atoms with van der Waals surface area (Å²) in [6.07, 6.45) is 2.54. The maximum Gasteiger partial charge on any atom is 0.233 e. The van der Waals surface area contributed by atoms with Crippen LogP contribution in [0.5, 0.6) is 0 Å². The van der Waals surface area contributed by atoms with Crippen LogP contribution in [0.15, 0.2) is 12.3 Å². The Labute approximate surface area is 100 Å². The molecular weight excluding hydrogens is 250 g/mol. The predicted molar refractivity (Wildman–Crippen MR) is 65.0 cm³/mol.